The van der Waals surface area contributed by atoms with E-state index in [9.17, 15) is 29.6 Å². The molecule has 4 aromatic rings. The molecule has 0 aliphatic carbocycles. The van der Waals surface area contributed by atoms with Gasteiger partial charge in [-0.1, -0.05) is 97.1 Å². The van der Waals surface area contributed by atoms with Gasteiger partial charge in [0.1, 0.15) is 17.9 Å². The van der Waals surface area contributed by atoms with E-state index in [4.69, 9.17) is 4.74 Å². The summed E-state index contributed by atoms with van der Waals surface area (Å²) in [6.07, 6.45) is 3.77. The van der Waals surface area contributed by atoms with Crippen LogP contribution < -0.4 is 10.1 Å². The number of non-ortho nitro benzene ring substituents is 1. The van der Waals surface area contributed by atoms with E-state index in [1.165, 1.54) is 24.3 Å². The van der Waals surface area contributed by atoms with Gasteiger partial charge in [-0.15, -0.1) is 0 Å². The minimum Gasteiger partial charge on any atom is -0.492 e. The summed E-state index contributed by atoms with van der Waals surface area (Å²) in [6, 6.07) is 31.0. The summed E-state index contributed by atoms with van der Waals surface area (Å²) in [5.41, 5.74) is 1.11. The highest BCUT2D eigenvalue weighted by molar-refractivity contribution is 6.09. The second-order valence-electron chi connectivity index (χ2n) is 11.4. The van der Waals surface area contributed by atoms with Gasteiger partial charge in [0.25, 0.3) is 5.69 Å². The summed E-state index contributed by atoms with van der Waals surface area (Å²) in [5.74, 6) is -3.95. The third kappa shape index (κ3) is 5.90. The molecule has 4 aromatic carbocycles. The number of carboxylic acid groups (broad SMARTS) is 1. The van der Waals surface area contributed by atoms with Crippen molar-refractivity contribution in [3.63, 3.8) is 0 Å². The van der Waals surface area contributed by atoms with Gasteiger partial charge in [0.2, 0.25) is 11.8 Å². The van der Waals surface area contributed by atoms with E-state index in [1.54, 1.807) is 12.1 Å². The maximum atomic E-state index is 14.0. The number of hydrogen-bond acceptors (Lipinski definition) is 7. The fraction of sp³-hybridized carbons (Fsp3) is 0.194. The molecule has 4 atom stereocenters. The highest BCUT2D eigenvalue weighted by atomic mass is 16.6. The molecule has 2 aliphatic heterocycles. The highest BCUT2D eigenvalue weighted by Gasteiger charge is 2.68. The first-order chi connectivity index (χ1) is 22.3. The molecular formula is C36H31N3O7. The van der Waals surface area contributed by atoms with Crippen LogP contribution >= 0.6 is 0 Å². The summed E-state index contributed by atoms with van der Waals surface area (Å²) in [4.78, 5) is 52.9. The van der Waals surface area contributed by atoms with Crippen molar-refractivity contribution in [3.8, 4) is 5.75 Å². The van der Waals surface area contributed by atoms with Crippen molar-refractivity contribution in [1.29, 1.82) is 0 Å². The normalized spacial score (nSPS) is 22.3. The average Bonchev–Trinajstić information content (AvgIpc) is 3.54. The summed E-state index contributed by atoms with van der Waals surface area (Å²) in [7, 11) is 0. The molecule has 10 heteroatoms. The molecule has 2 heterocycles. The molecule has 232 valence electrons. The van der Waals surface area contributed by atoms with Gasteiger partial charge >= 0.3 is 5.97 Å². The van der Waals surface area contributed by atoms with Gasteiger partial charge in [0.05, 0.1) is 23.3 Å². The zero-order valence-corrected chi connectivity index (χ0v) is 24.7. The van der Waals surface area contributed by atoms with Crippen LogP contribution in [0.2, 0.25) is 0 Å². The lowest BCUT2D eigenvalue weighted by Crippen LogP contribution is -2.57. The van der Waals surface area contributed by atoms with E-state index in [1.807, 2.05) is 84.9 Å². The molecule has 2 saturated heterocycles. The van der Waals surface area contributed by atoms with Crippen molar-refractivity contribution in [1.82, 2.24) is 10.2 Å². The van der Waals surface area contributed by atoms with Crippen molar-refractivity contribution >= 4 is 35.6 Å². The molecule has 0 spiro atoms. The highest BCUT2D eigenvalue weighted by Crippen LogP contribution is 2.50. The Bertz CT molecular complexity index is 1780. The fourth-order valence-electron chi connectivity index (χ4n) is 6.40. The average molecular weight is 618 g/mol. The van der Waals surface area contributed by atoms with Gasteiger partial charge in [-0.05, 0) is 34.4 Å². The maximum Gasteiger partial charge on any atom is 0.325 e. The van der Waals surface area contributed by atoms with Crippen LogP contribution in [0.1, 0.15) is 28.3 Å². The van der Waals surface area contributed by atoms with Crippen molar-refractivity contribution in [2.75, 3.05) is 13.2 Å². The first kappa shape index (κ1) is 30.4. The Labute approximate surface area is 265 Å². The number of nitro benzene ring substituents is 1. The lowest BCUT2D eigenvalue weighted by Gasteiger charge is -2.31. The molecule has 10 nitrogen and oxygen atoms in total. The van der Waals surface area contributed by atoms with Crippen LogP contribution in [0, 0.1) is 22.0 Å². The quantitative estimate of drug-likeness (QED) is 0.102. The number of fused-ring (bicyclic) bond motifs is 1. The summed E-state index contributed by atoms with van der Waals surface area (Å²) < 4.78 is 5.75. The number of nitrogens with zero attached hydrogens (tertiary/aromatic N) is 2. The van der Waals surface area contributed by atoms with Crippen molar-refractivity contribution < 1.29 is 29.2 Å². The minimum atomic E-state index is -1.85. The molecule has 0 radical (unpaired) electrons. The van der Waals surface area contributed by atoms with Crippen LogP contribution in [-0.4, -0.2) is 51.4 Å². The van der Waals surface area contributed by atoms with E-state index >= 15 is 0 Å². The monoisotopic (exact) mass is 617 g/mol. The fourth-order valence-corrected chi connectivity index (χ4v) is 6.40. The molecule has 0 bridgehead atoms. The van der Waals surface area contributed by atoms with Gasteiger partial charge in [-0.25, -0.2) is 0 Å². The lowest BCUT2D eigenvalue weighted by molar-refractivity contribution is -0.384. The Morgan fingerprint density at radius 2 is 1.48 bits per heavy atom. The van der Waals surface area contributed by atoms with E-state index in [0.29, 0.717) is 16.9 Å². The minimum absolute atomic E-state index is 0.0390. The predicted octanol–water partition coefficient (Wildman–Crippen LogP) is 5.16. The van der Waals surface area contributed by atoms with Crippen LogP contribution in [0.15, 0.2) is 109 Å². The number of hydrogen-bond donors (Lipinski definition) is 2. The Hall–Kier alpha value is -5.61. The first-order valence-electron chi connectivity index (χ1n) is 14.9. The van der Waals surface area contributed by atoms with Gasteiger partial charge in [-0.3, -0.25) is 34.7 Å². The number of nitro groups is 1. The number of para-hydroxylation sites is 1. The van der Waals surface area contributed by atoms with E-state index in [-0.39, 0.29) is 25.3 Å². The molecule has 46 heavy (non-hydrogen) atoms. The third-order valence-electron chi connectivity index (χ3n) is 8.65. The first-order valence-corrected chi connectivity index (χ1v) is 14.9. The Kier molecular flexibility index (Phi) is 8.45. The van der Waals surface area contributed by atoms with E-state index < -0.39 is 46.1 Å². The molecule has 0 aromatic heterocycles. The number of rotatable bonds is 11. The molecular weight excluding hydrogens is 586 g/mol. The molecule has 6 rings (SSSR count). The van der Waals surface area contributed by atoms with E-state index in [0.717, 1.165) is 16.0 Å². The van der Waals surface area contributed by atoms with Crippen molar-refractivity contribution in [2.45, 2.75) is 18.0 Å². The molecule has 0 saturated carbocycles. The van der Waals surface area contributed by atoms with Crippen molar-refractivity contribution in [2.24, 2.45) is 11.8 Å². The van der Waals surface area contributed by atoms with Crippen molar-refractivity contribution in [3.05, 3.63) is 142 Å². The number of carbonyl (C=O) groups is 3. The number of nitrogens with one attached hydrogen (secondary N) is 1. The van der Waals surface area contributed by atoms with Crippen LogP contribution in [0.4, 0.5) is 5.69 Å². The predicted molar refractivity (Wildman–Crippen MR) is 170 cm³/mol. The number of benzene rings is 4. The zero-order valence-electron chi connectivity index (χ0n) is 24.7. The van der Waals surface area contributed by atoms with E-state index in [2.05, 4.69) is 5.32 Å². The SMILES string of the molecule is O=C1C2C(c3ccc(/C=C/c4ccccc4)cc3)NC(Cc3ccc([N+](=O)[O-])cc3)(C(=O)O)C2C(=O)N1CCOc1ccccc1. The maximum absolute atomic E-state index is 14.0. The smallest absolute Gasteiger partial charge is 0.325 e. The molecule has 2 N–H and O–H groups in total. The summed E-state index contributed by atoms with van der Waals surface area (Å²) in [5, 5.41) is 25.1. The number of amides is 2. The second-order valence-corrected chi connectivity index (χ2v) is 11.4. The molecule has 4 unspecified atom stereocenters. The summed E-state index contributed by atoms with van der Waals surface area (Å²) >= 11 is 0. The zero-order chi connectivity index (χ0) is 32.3. The van der Waals surface area contributed by atoms with Gasteiger partial charge in [0, 0.05) is 24.6 Å². The molecule has 2 amide bonds. The number of likely N-dealkylation sites (tertiary alicyclic amines) is 1. The largest absolute Gasteiger partial charge is 0.492 e. The lowest BCUT2D eigenvalue weighted by atomic mass is 9.76. The topological polar surface area (TPSA) is 139 Å². The number of carboxylic acids is 1. The summed E-state index contributed by atoms with van der Waals surface area (Å²) in [6.45, 7) is 0.00658. The number of ether oxygens (including phenoxy) is 1. The molecule has 2 fully saturated rings. The third-order valence-corrected chi connectivity index (χ3v) is 8.65. The Morgan fingerprint density at radius 3 is 2.09 bits per heavy atom. The molecule has 2 aliphatic rings. The second kappa shape index (κ2) is 12.8. The Balaban J connectivity index is 1.32. The number of carbonyl (C=O) groups excluding carboxylic acids is 2. The number of aliphatic carboxylic acids is 1. The number of imide groups is 1. The standard InChI is InChI=1S/C36H31N3O7/c40-33-30-31(34(41)38(33)21-22-46-29-9-5-2-6-10-29)36(35(42)43,23-26-15-19-28(20-16-26)39(44)45)37-32(30)27-17-13-25(14-18-27)12-11-24-7-3-1-4-8-24/h1-20,30-32,37H,21-23H2,(H,42,43)/b12-11+. The Morgan fingerprint density at radius 1 is 0.870 bits per heavy atom. The van der Waals surface area contributed by atoms with Crippen LogP contribution in [0.5, 0.6) is 5.75 Å². The van der Waals surface area contributed by atoms with Crippen LogP contribution in [-0.2, 0) is 20.8 Å². The van der Waals surface area contributed by atoms with Crippen LogP contribution in [0.25, 0.3) is 12.2 Å². The van der Waals surface area contributed by atoms with Gasteiger partial charge in [-0.2, -0.15) is 0 Å². The van der Waals surface area contributed by atoms with Gasteiger partial charge < -0.3 is 9.84 Å². The van der Waals surface area contributed by atoms with Gasteiger partial charge in [0.15, 0.2) is 0 Å². The van der Waals surface area contributed by atoms with Crippen LogP contribution in [0.3, 0.4) is 0 Å².